The molecular weight excluding hydrogens is 321 g/mol. The summed E-state index contributed by atoms with van der Waals surface area (Å²) >= 11 is 0. The molecular formula is C19H22FN3O2. The summed E-state index contributed by atoms with van der Waals surface area (Å²) in [6.07, 6.45) is 3.52. The fourth-order valence-electron chi connectivity index (χ4n) is 3.00. The van der Waals surface area contributed by atoms with Crippen LogP contribution in [0.5, 0.6) is 0 Å². The lowest BCUT2D eigenvalue weighted by molar-refractivity contribution is -0.121. The number of carbonyl (C=O) groups excluding carboxylic acids is 1. The lowest BCUT2D eigenvalue weighted by Crippen LogP contribution is -2.32. The van der Waals surface area contributed by atoms with Crippen molar-refractivity contribution in [1.82, 2.24) is 14.3 Å². The smallest absolute Gasteiger partial charge is 0.275 e. The van der Waals surface area contributed by atoms with E-state index in [1.807, 2.05) is 13.8 Å². The number of fused-ring (bicyclic) bond motifs is 3. The third-order valence-electron chi connectivity index (χ3n) is 4.51. The molecule has 0 saturated heterocycles. The SMILES string of the molecule is CCC(C)NC(=O)CCCn1c(=O)c2cccn2c2ccc(F)cc21. The van der Waals surface area contributed by atoms with Gasteiger partial charge in [0.1, 0.15) is 11.3 Å². The molecule has 0 saturated carbocycles. The number of aromatic nitrogens is 2. The number of rotatable bonds is 6. The number of amides is 1. The number of hydrogen-bond acceptors (Lipinski definition) is 2. The number of nitrogens with one attached hydrogen (secondary N) is 1. The minimum Gasteiger partial charge on any atom is -0.354 e. The van der Waals surface area contributed by atoms with Crippen LogP contribution in [0.2, 0.25) is 0 Å². The van der Waals surface area contributed by atoms with Gasteiger partial charge in [-0.3, -0.25) is 9.59 Å². The molecule has 6 heteroatoms. The molecule has 1 aromatic carbocycles. The van der Waals surface area contributed by atoms with Gasteiger partial charge in [-0.05, 0) is 50.1 Å². The first-order chi connectivity index (χ1) is 12.0. The Balaban J connectivity index is 1.89. The first-order valence-electron chi connectivity index (χ1n) is 8.59. The van der Waals surface area contributed by atoms with Crippen LogP contribution < -0.4 is 10.9 Å². The van der Waals surface area contributed by atoms with Gasteiger partial charge in [-0.25, -0.2) is 4.39 Å². The van der Waals surface area contributed by atoms with Gasteiger partial charge in [0.2, 0.25) is 5.91 Å². The van der Waals surface area contributed by atoms with E-state index in [1.54, 1.807) is 33.4 Å². The molecule has 1 amide bonds. The van der Waals surface area contributed by atoms with E-state index in [0.29, 0.717) is 30.4 Å². The molecule has 2 aromatic heterocycles. The van der Waals surface area contributed by atoms with E-state index in [4.69, 9.17) is 0 Å². The summed E-state index contributed by atoms with van der Waals surface area (Å²) in [6.45, 7) is 4.34. The van der Waals surface area contributed by atoms with Crippen molar-refractivity contribution in [1.29, 1.82) is 0 Å². The summed E-state index contributed by atoms with van der Waals surface area (Å²) < 4.78 is 17.0. The van der Waals surface area contributed by atoms with E-state index in [0.717, 1.165) is 11.9 Å². The summed E-state index contributed by atoms with van der Waals surface area (Å²) in [6, 6.07) is 8.11. The monoisotopic (exact) mass is 343 g/mol. The van der Waals surface area contributed by atoms with Crippen molar-refractivity contribution in [2.45, 2.75) is 45.7 Å². The van der Waals surface area contributed by atoms with Gasteiger partial charge < -0.3 is 14.3 Å². The van der Waals surface area contributed by atoms with Gasteiger partial charge in [0.05, 0.1) is 11.0 Å². The normalized spacial score (nSPS) is 12.6. The van der Waals surface area contributed by atoms with Crippen LogP contribution in [-0.4, -0.2) is 20.9 Å². The molecule has 0 aliphatic heterocycles. The molecule has 5 nitrogen and oxygen atoms in total. The molecule has 1 atom stereocenters. The van der Waals surface area contributed by atoms with Crippen LogP contribution in [0.4, 0.5) is 4.39 Å². The zero-order valence-corrected chi connectivity index (χ0v) is 14.5. The first-order valence-corrected chi connectivity index (χ1v) is 8.59. The van der Waals surface area contributed by atoms with E-state index in [2.05, 4.69) is 5.32 Å². The Morgan fingerprint density at radius 3 is 2.80 bits per heavy atom. The van der Waals surface area contributed by atoms with Crippen molar-refractivity contribution in [3.05, 3.63) is 52.7 Å². The maximum atomic E-state index is 13.7. The molecule has 0 aliphatic rings. The fourth-order valence-corrected chi connectivity index (χ4v) is 3.00. The molecule has 0 aliphatic carbocycles. The highest BCUT2D eigenvalue weighted by Crippen LogP contribution is 2.17. The molecule has 25 heavy (non-hydrogen) atoms. The van der Waals surface area contributed by atoms with Crippen molar-refractivity contribution in [2.24, 2.45) is 0 Å². The molecule has 1 N–H and O–H groups in total. The van der Waals surface area contributed by atoms with Gasteiger partial charge in [0.25, 0.3) is 5.56 Å². The van der Waals surface area contributed by atoms with Crippen LogP contribution in [0.1, 0.15) is 33.1 Å². The predicted molar refractivity (Wildman–Crippen MR) is 96.3 cm³/mol. The van der Waals surface area contributed by atoms with Gasteiger partial charge in [0, 0.05) is 25.2 Å². The third kappa shape index (κ3) is 3.43. The maximum absolute atomic E-state index is 13.7. The summed E-state index contributed by atoms with van der Waals surface area (Å²) in [5.74, 6) is -0.414. The topological polar surface area (TPSA) is 55.5 Å². The van der Waals surface area contributed by atoms with Gasteiger partial charge in [-0.1, -0.05) is 6.92 Å². The molecule has 0 spiro atoms. The summed E-state index contributed by atoms with van der Waals surface area (Å²) in [5, 5.41) is 2.91. The number of carbonyl (C=O) groups is 1. The van der Waals surface area contributed by atoms with E-state index in [1.165, 1.54) is 12.1 Å². The van der Waals surface area contributed by atoms with E-state index in [-0.39, 0.29) is 23.3 Å². The number of halogens is 1. The summed E-state index contributed by atoms with van der Waals surface area (Å²) in [4.78, 5) is 24.6. The minimum atomic E-state index is -0.387. The van der Waals surface area contributed by atoms with Gasteiger partial charge in [-0.2, -0.15) is 0 Å². The van der Waals surface area contributed by atoms with E-state index < -0.39 is 0 Å². The molecule has 132 valence electrons. The second kappa shape index (κ2) is 7.09. The number of nitrogens with zero attached hydrogens (tertiary/aromatic N) is 2. The van der Waals surface area contributed by atoms with Crippen LogP contribution in [0.15, 0.2) is 41.3 Å². The van der Waals surface area contributed by atoms with Crippen molar-refractivity contribution >= 4 is 22.5 Å². The number of hydrogen-bond donors (Lipinski definition) is 1. The predicted octanol–water partition coefficient (Wildman–Crippen LogP) is 3.09. The van der Waals surface area contributed by atoms with E-state index in [9.17, 15) is 14.0 Å². The standard InChI is InChI=1S/C19H22FN3O2/c1-3-13(2)21-18(24)7-5-11-23-17-12-14(20)8-9-15(17)22-10-4-6-16(22)19(23)25/h4,6,8-10,12-13H,3,5,7,11H2,1-2H3,(H,21,24). The number of aryl methyl sites for hydroxylation is 1. The Bertz CT molecular complexity index is 974. The number of benzene rings is 1. The second-order valence-corrected chi connectivity index (χ2v) is 6.33. The van der Waals surface area contributed by atoms with Gasteiger partial charge in [-0.15, -0.1) is 0 Å². The minimum absolute atomic E-state index is 0.0263. The molecule has 0 radical (unpaired) electrons. The first kappa shape index (κ1) is 17.2. The van der Waals surface area contributed by atoms with Gasteiger partial charge >= 0.3 is 0 Å². The zero-order chi connectivity index (χ0) is 18.0. The zero-order valence-electron chi connectivity index (χ0n) is 14.5. The van der Waals surface area contributed by atoms with Crippen molar-refractivity contribution in [3.8, 4) is 0 Å². The fraction of sp³-hybridized carbons (Fsp3) is 0.368. The summed E-state index contributed by atoms with van der Waals surface area (Å²) in [7, 11) is 0. The quantitative estimate of drug-likeness (QED) is 0.748. The molecule has 0 bridgehead atoms. The van der Waals surface area contributed by atoms with Crippen LogP contribution in [0.25, 0.3) is 16.6 Å². The van der Waals surface area contributed by atoms with Crippen molar-refractivity contribution < 1.29 is 9.18 Å². The largest absolute Gasteiger partial charge is 0.354 e. The average molecular weight is 343 g/mol. The third-order valence-corrected chi connectivity index (χ3v) is 4.51. The Labute approximate surface area is 145 Å². The molecule has 1 unspecified atom stereocenters. The second-order valence-electron chi connectivity index (χ2n) is 6.33. The lowest BCUT2D eigenvalue weighted by atomic mass is 10.2. The highest BCUT2D eigenvalue weighted by Gasteiger charge is 2.12. The van der Waals surface area contributed by atoms with Crippen LogP contribution >= 0.6 is 0 Å². The van der Waals surface area contributed by atoms with Crippen LogP contribution in [0.3, 0.4) is 0 Å². The Kier molecular flexibility index (Phi) is 4.88. The van der Waals surface area contributed by atoms with Gasteiger partial charge in [0.15, 0.2) is 0 Å². The highest BCUT2D eigenvalue weighted by atomic mass is 19.1. The molecule has 0 fully saturated rings. The Hall–Kier alpha value is -2.63. The Morgan fingerprint density at radius 2 is 2.04 bits per heavy atom. The van der Waals surface area contributed by atoms with Crippen LogP contribution in [0, 0.1) is 5.82 Å². The highest BCUT2D eigenvalue weighted by molar-refractivity contribution is 5.79. The maximum Gasteiger partial charge on any atom is 0.275 e. The summed E-state index contributed by atoms with van der Waals surface area (Å²) in [5.41, 5.74) is 1.68. The lowest BCUT2D eigenvalue weighted by Gasteiger charge is -2.14. The Morgan fingerprint density at radius 1 is 1.24 bits per heavy atom. The van der Waals surface area contributed by atoms with Crippen molar-refractivity contribution in [2.75, 3.05) is 0 Å². The molecule has 3 aromatic rings. The molecule has 2 heterocycles. The average Bonchev–Trinajstić information content (AvgIpc) is 3.07. The molecule has 3 rings (SSSR count). The van der Waals surface area contributed by atoms with E-state index >= 15 is 0 Å². The van der Waals surface area contributed by atoms with Crippen molar-refractivity contribution in [3.63, 3.8) is 0 Å². The van der Waals surface area contributed by atoms with Crippen LogP contribution in [-0.2, 0) is 11.3 Å².